The second-order valence-electron chi connectivity index (χ2n) is 5.80. The highest BCUT2D eigenvalue weighted by Gasteiger charge is 2.44. The minimum Gasteiger partial charge on any atom is -0.439 e. The van der Waals surface area contributed by atoms with Gasteiger partial charge in [0.15, 0.2) is 0 Å². The van der Waals surface area contributed by atoms with Crippen LogP contribution in [0, 0.1) is 0 Å². The van der Waals surface area contributed by atoms with Crippen molar-refractivity contribution in [2.75, 3.05) is 0 Å². The van der Waals surface area contributed by atoms with Crippen molar-refractivity contribution >= 4 is 12.0 Å². The third kappa shape index (κ3) is 2.84. The summed E-state index contributed by atoms with van der Waals surface area (Å²) in [4.78, 5) is 26.2. The zero-order valence-corrected chi connectivity index (χ0v) is 13.2. The van der Waals surface area contributed by atoms with E-state index in [0.29, 0.717) is 0 Å². The summed E-state index contributed by atoms with van der Waals surface area (Å²) in [6, 6.07) is 18.6. The van der Waals surface area contributed by atoms with Crippen LogP contribution in [-0.2, 0) is 9.53 Å². The van der Waals surface area contributed by atoms with E-state index in [-0.39, 0.29) is 17.9 Å². The standard InChI is InChI=1S/C19H19NO3/c1-13(15-9-5-3-6-10-15)18(21)20-14(2)17(23-19(20)22)16-11-7-4-8-12-16/h3-14,17H,1-2H3/t13?,14-,17-/m1/s1. The molecular weight excluding hydrogens is 290 g/mol. The first-order valence-electron chi connectivity index (χ1n) is 7.73. The molecule has 0 aromatic heterocycles. The Bertz CT molecular complexity index is 699. The van der Waals surface area contributed by atoms with E-state index in [1.54, 1.807) is 0 Å². The Balaban J connectivity index is 1.83. The first kappa shape index (κ1) is 15.3. The van der Waals surface area contributed by atoms with Gasteiger partial charge in [0, 0.05) is 0 Å². The number of nitrogens with zero attached hydrogens (tertiary/aromatic N) is 1. The number of cyclic esters (lactones) is 1. The molecule has 1 fully saturated rings. The van der Waals surface area contributed by atoms with E-state index >= 15 is 0 Å². The van der Waals surface area contributed by atoms with Gasteiger partial charge in [0.25, 0.3) is 0 Å². The summed E-state index contributed by atoms with van der Waals surface area (Å²) < 4.78 is 5.45. The van der Waals surface area contributed by atoms with E-state index in [4.69, 9.17) is 4.74 Å². The van der Waals surface area contributed by atoms with Crippen molar-refractivity contribution in [3.8, 4) is 0 Å². The topological polar surface area (TPSA) is 46.6 Å². The van der Waals surface area contributed by atoms with Gasteiger partial charge in [-0.15, -0.1) is 0 Å². The van der Waals surface area contributed by atoms with Gasteiger partial charge in [0.2, 0.25) is 5.91 Å². The van der Waals surface area contributed by atoms with Crippen LogP contribution in [0.3, 0.4) is 0 Å². The number of hydrogen-bond acceptors (Lipinski definition) is 3. The smallest absolute Gasteiger partial charge is 0.417 e. The van der Waals surface area contributed by atoms with Crippen LogP contribution in [-0.4, -0.2) is 22.9 Å². The number of imide groups is 1. The maximum absolute atomic E-state index is 12.8. The number of carbonyl (C=O) groups is 2. The summed E-state index contributed by atoms with van der Waals surface area (Å²) in [6.07, 6.45) is -0.991. The first-order valence-corrected chi connectivity index (χ1v) is 7.73. The summed E-state index contributed by atoms with van der Waals surface area (Å²) in [5.41, 5.74) is 1.79. The Labute approximate surface area is 135 Å². The monoisotopic (exact) mass is 309 g/mol. The Morgan fingerprint density at radius 3 is 2.22 bits per heavy atom. The lowest BCUT2D eigenvalue weighted by molar-refractivity contribution is -0.130. The lowest BCUT2D eigenvalue weighted by Crippen LogP contribution is -2.40. The van der Waals surface area contributed by atoms with Crippen molar-refractivity contribution in [2.45, 2.75) is 31.9 Å². The number of rotatable bonds is 3. The Hall–Kier alpha value is -2.62. The maximum atomic E-state index is 12.8. The molecule has 3 atom stereocenters. The molecule has 4 nitrogen and oxygen atoms in total. The fourth-order valence-corrected chi connectivity index (χ4v) is 2.94. The van der Waals surface area contributed by atoms with Gasteiger partial charge in [-0.05, 0) is 25.0 Å². The van der Waals surface area contributed by atoms with Gasteiger partial charge < -0.3 is 4.74 Å². The molecule has 3 rings (SSSR count). The SMILES string of the molecule is CC(C(=O)N1C(=O)O[C@@H](c2ccccc2)[C@H]1C)c1ccccc1. The minimum absolute atomic E-state index is 0.230. The van der Waals surface area contributed by atoms with Crippen molar-refractivity contribution in [3.05, 3.63) is 71.8 Å². The van der Waals surface area contributed by atoms with Crippen molar-refractivity contribution in [2.24, 2.45) is 0 Å². The van der Waals surface area contributed by atoms with Gasteiger partial charge in [-0.1, -0.05) is 60.7 Å². The van der Waals surface area contributed by atoms with Crippen molar-refractivity contribution in [1.29, 1.82) is 0 Å². The highest BCUT2D eigenvalue weighted by molar-refractivity contribution is 5.97. The molecule has 0 radical (unpaired) electrons. The summed E-state index contributed by atoms with van der Waals surface area (Å²) in [7, 11) is 0. The van der Waals surface area contributed by atoms with Gasteiger partial charge in [0.1, 0.15) is 6.10 Å². The molecule has 2 aromatic rings. The lowest BCUT2D eigenvalue weighted by Gasteiger charge is -2.22. The van der Waals surface area contributed by atoms with Crippen LogP contribution < -0.4 is 0 Å². The van der Waals surface area contributed by atoms with Gasteiger partial charge in [-0.3, -0.25) is 4.79 Å². The molecule has 2 amide bonds. The van der Waals surface area contributed by atoms with E-state index in [1.165, 1.54) is 4.90 Å². The average Bonchev–Trinajstić information content (AvgIpc) is 2.89. The molecule has 0 bridgehead atoms. The van der Waals surface area contributed by atoms with Gasteiger partial charge in [-0.2, -0.15) is 0 Å². The van der Waals surface area contributed by atoms with Crippen LogP contribution in [0.2, 0.25) is 0 Å². The Morgan fingerprint density at radius 2 is 1.61 bits per heavy atom. The van der Waals surface area contributed by atoms with Crippen molar-refractivity contribution in [3.63, 3.8) is 0 Å². The summed E-state index contributed by atoms with van der Waals surface area (Å²) in [6.45, 7) is 3.66. The predicted molar refractivity (Wildman–Crippen MR) is 86.8 cm³/mol. The van der Waals surface area contributed by atoms with Crippen LogP contribution in [0.5, 0.6) is 0 Å². The molecule has 1 aliphatic heterocycles. The zero-order valence-electron chi connectivity index (χ0n) is 13.2. The molecule has 23 heavy (non-hydrogen) atoms. The third-order valence-corrected chi connectivity index (χ3v) is 4.31. The molecule has 1 heterocycles. The molecule has 0 spiro atoms. The van der Waals surface area contributed by atoms with E-state index < -0.39 is 12.2 Å². The van der Waals surface area contributed by atoms with E-state index in [1.807, 2.05) is 74.5 Å². The minimum atomic E-state index is -0.570. The number of hydrogen-bond donors (Lipinski definition) is 0. The second kappa shape index (κ2) is 6.24. The van der Waals surface area contributed by atoms with Crippen molar-refractivity contribution in [1.82, 2.24) is 4.90 Å². The van der Waals surface area contributed by atoms with E-state index in [2.05, 4.69) is 0 Å². The first-order chi connectivity index (χ1) is 11.1. The molecule has 4 heteroatoms. The predicted octanol–water partition coefficient (Wildman–Crippen LogP) is 3.90. The quantitative estimate of drug-likeness (QED) is 0.864. The molecule has 2 aromatic carbocycles. The number of amides is 2. The normalized spacial score (nSPS) is 21.8. The maximum Gasteiger partial charge on any atom is 0.417 e. The molecule has 1 saturated heterocycles. The van der Waals surface area contributed by atoms with E-state index in [0.717, 1.165) is 11.1 Å². The van der Waals surface area contributed by atoms with Crippen LogP contribution >= 0.6 is 0 Å². The molecular formula is C19H19NO3. The summed E-state index contributed by atoms with van der Waals surface area (Å²) in [5.74, 6) is -0.618. The number of ether oxygens (including phenoxy) is 1. The highest BCUT2D eigenvalue weighted by atomic mass is 16.6. The number of benzene rings is 2. The van der Waals surface area contributed by atoms with Gasteiger partial charge in [0.05, 0.1) is 12.0 Å². The third-order valence-electron chi connectivity index (χ3n) is 4.31. The Kier molecular flexibility index (Phi) is 4.15. The second-order valence-corrected chi connectivity index (χ2v) is 5.80. The van der Waals surface area contributed by atoms with E-state index in [9.17, 15) is 9.59 Å². The van der Waals surface area contributed by atoms with Crippen LogP contribution in [0.4, 0.5) is 4.79 Å². The molecule has 0 aliphatic carbocycles. The van der Waals surface area contributed by atoms with Gasteiger partial charge in [-0.25, -0.2) is 9.69 Å². The molecule has 0 N–H and O–H groups in total. The largest absolute Gasteiger partial charge is 0.439 e. The molecule has 1 unspecified atom stereocenters. The zero-order chi connectivity index (χ0) is 16.4. The number of carbonyl (C=O) groups excluding carboxylic acids is 2. The average molecular weight is 309 g/mol. The van der Waals surface area contributed by atoms with Crippen LogP contribution in [0.1, 0.15) is 37.0 Å². The van der Waals surface area contributed by atoms with Crippen molar-refractivity contribution < 1.29 is 14.3 Å². The fourth-order valence-electron chi connectivity index (χ4n) is 2.94. The molecule has 118 valence electrons. The summed E-state index contributed by atoms with van der Waals surface area (Å²) in [5, 5.41) is 0. The van der Waals surface area contributed by atoms with Gasteiger partial charge >= 0.3 is 6.09 Å². The lowest BCUT2D eigenvalue weighted by atomic mass is 9.98. The Morgan fingerprint density at radius 1 is 1.04 bits per heavy atom. The van der Waals surface area contributed by atoms with Crippen LogP contribution in [0.25, 0.3) is 0 Å². The summed E-state index contributed by atoms with van der Waals surface area (Å²) >= 11 is 0. The van der Waals surface area contributed by atoms with Crippen LogP contribution in [0.15, 0.2) is 60.7 Å². The molecule has 0 saturated carbocycles. The molecule has 1 aliphatic rings. The fraction of sp³-hybridized carbons (Fsp3) is 0.263. The highest BCUT2D eigenvalue weighted by Crippen LogP contribution is 2.34.